The first kappa shape index (κ1) is 15.8. The Morgan fingerprint density at radius 2 is 2.15 bits per heavy atom. The van der Waals surface area contributed by atoms with Crippen LogP contribution in [0, 0.1) is 5.92 Å². The molecule has 0 radical (unpaired) electrons. The highest BCUT2D eigenvalue weighted by atomic mass is 35.5. The maximum atomic E-state index is 6.26. The molecule has 0 bridgehead atoms. The van der Waals surface area contributed by atoms with Crippen molar-refractivity contribution in [1.82, 2.24) is 10.2 Å². The Morgan fingerprint density at radius 3 is 2.90 bits per heavy atom. The van der Waals surface area contributed by atoms with Gasteiger partial charge < -0.3 is 5.32 Å². The summed E-state index contributed by atoms with van der Waals surface area (Å²) in [5.74, 6) is 0.783. The smallest absolute Gasteiger partial charge is 0.0451 e. The van der Waals surface area contributed by atoms with E-state index >= 15 is 0 Å². The zero-order valence-corrected chi connectivity index (χ0v) is 13.5. The molecule has 112 valence electrons. The third kappa shape index (κ3) is 5.08. The summed E-state index contributed by atoms with van der Waals surface area (Å²) in [6, 6.07) is 8.84. The molecule has 1 atom stereocenters. The van der Waals surface area contributed by atoms with Gasteiger partial charge in [0.05, 0.1) is 0 Å². The highest BCUT2D eigenvalue weighted by molar-refractivity contribution is 6.31. The number of nitrogens with one attached hydrogen (secondary N) is 1. The van der Waals surface area contributed by atoms with E-state index in [0.717, 1.165) is 30.6 Å². The van der Waals surface area contributed by atoms with Crippen LogP contribution in [0.25, 0.3) is 0 Å². The van der Waals surface area contributed by atoms with Gasteiger partial charge in [-0.1, -0.05) is 43.6 Å². The molecule has 1 aliphatic rings. The third-order valence-electron chi connectivity index (χ3n) is 4.01. The van der Waals surface area contributed by atoms with Crippen molar-refractivity contribution >= 4 is 11.6 Å². The minimum atomic E-state index is 0.644. The summed E-state index contributed by atoms with van der Waals surface area (Å²) in [5, 5.41) is 4.60. The fourth-order valence-corrected chi connectivity index (χ4v) is 3.00. The van der Waals surface area contributed by atoms with Gasteiger partial charge in [-0.15, -0.1) is 0 Å². The first-order valence-electron chi connectivity index (χ1n) is 7.84. The molecular formula is C17H27ClN2. The molecule has 2 rings (SSSR count). The zero-order valence-electron chi connectivity index (χ0n) is 12.7. The van der Waals surface area contributed by atoms with Crippen molar-refractivity contribution in [3.05, 3.63) is 34.9 Å². The lowest BCUT2D eigenvalue weighted by Gasteiger charge is -2.33. The number of rotatable bonds is 6. The molecule has 1 unspecified atom stereocenters. The Labute approximate surface area is 128 Å². The zero-order chi connectivity index (χ0) is 14.4. The van der Waals surface area contributed by atoms with Gasteiger partial charge in [0.1, 0.15) is 0 Å². The van der Waals surface area contributed by atoms with Crippen molar-refractivity contribution in [2.24, 2.45) is 5.92 Å². The number of likely N-dealkylation sites (tertiary alicyclic amines) is 1. The topological polar surface area (TPSA) is 15.3 Å². The molecule has 1 aliphatic heterocycles. The molecule has 2 nitrogen and oxygen atoms in total. The molecule has 1 aromatic rings. The quantitative estimate of drug-likeness (QED) is 0.855. The molecule has 0 amide bonds. The van der Waals surface area contributed by atoms with Crippen LogP contribution in [0.15, 0.2) is 24.3 Å². The second-order valence-corrected chi connectivity index (χ2v) is 6.71. The monoisotopic (exact) mass is 294 g/mol. The molecule has 1 heterocycles. The Hall–Kier alpha value is -0.570. The SMILES string of the molecule is CC(C)CCNC1CCCN(Cc2ccccc2Cl)C1. The van der Waals surface area contributed by atoms with Crippen LogP contribution in [-0.2, 0) is 6.54 Å². The van der Waals surface area contributed by atoms with Crippen molar-refractivity contribution in [2.75, 3.05) is 19.6 Å². The maximum absolute atomic E-state index is 6.26. The number of hydrogen-bond donors (Lipinski definition) is 1. The van der Waals surface area contributed by atoms with Crippen molar-refractivity contribution < 1.29 is 0 Å². The van der Waals surface area contributed by atoms with E-state index in [4.69, 9.17) is 11.6 Å². The number of nitrogens with zero attached hydrogens (tertiary/aromatic N) is 1. The number of benzene rings is 1. The van der Waals surface area contributed by atoms with E-state index < -0.39 is 0 Å². The number of hydrogen-bond acceptors (Lipinski definition) is 2. The van der Waals surface area contributed by atoms with Gasteiger partial charge in [-0.05, 0) is 49.9 Å². The molecular weight excluding hydrogens is 268 g/mol. The fraction of sp³-hybridized carbons (Fsp3) is 0.647. The van der Waals surface area contributed by atoms with Crippen molar-refractivity contribution in [3.63, 3.8) is 0 Å². The predicted molar refractivity (Wildman–Crippen MR) is 87.2 cm³/mol. The first-order valence-corrected chi connectivity index (χ1v) is 8.22. The molecule has 1 aromatic carbocycles. The van der Waals surface area contributed by atoms with Gasteiger partial charge in [0.15, 0.2) is 0 Å². The summed E-state index contributed by atoms with van der Waals surface area (Å²) in [6.07, 6.45) is 3.85. The minimum Gasteiger partial charge on any atom is -0.313 e. The summed E-state index contributed by atoms with van der Waals surface area (Å²) in [7, 11) is 0. The molecule has 20 heavy (non-hydrogen) atoms. The van der Waals surface area contributed by atoms with Crippen molar-refractivity contribution in [1.29, 1.82) is 0 Å². The van der Waals surface area contributed by atoms with Gasteiger partial charge in [-0.2, -0.15) is 0 Å². The van der Waals surface area contributed by atoms with Gasteiger partial charge in [-0.25, -0.2) is 0 Å². The summed E-state index contributed by atoms with van der Waals surface area (Å²) in [4.78, 5) is 2.53. The summed E-state index contributed by atoms with van der Waals surface area (Å²) < 4.78 is 0. The Morgan fingerprint density at radius 1 is 1.35 bits per heavy atom. The van der Waals surface area contributed by atoms with Gasteiger partial charge in [-0.3, -0.25) is 4.90 Å². The molecule has 1 fully saturated rings. The molecule has 1 N–H and O–H groups in total. The fourth-order valence-electron chi connectivity index (χ4n) is 2.81. The highest BCUT2D eigenvalue weighted by Gasteiger charge is 2.19. The van der Waals surface area contributed by atoms with Crippen LogP contribution in [0.2, 0.25) is 5.02 Å². The lowest BCUT2D eigenvalue weighted by molar-refractivity contribution is 0.182. The van der Waals surface area contributed by atoms with E-state index in [0.29, 0.717) is 6.04 Å². The minimum absolute atomic E-state index is 0.644. The predicted octanol–water partition coefficient (Wildman–Crippen LogP) is 3.94. The van der Waals surface area contributed by atoms with Crippen molar-refractivity contribution in [2.45, 2.75) is 45.7 Å². The normalized spacial score (nSPS) is 20.5. The number of halogens is 1. The summed E-state index contributed by atoms with van der Waals surface area (Å²) in [6.45, 7) is 9.01. The van der Waals surface area contributed by atoms with E-state index in [2.05, 4.69) is 36.2 Å². The lowest BCUT2D eigenvalue weighted by Crippen LogP contribution is -2.45. The van der Waals surface area contributed by atoms with E-state index in [1.807, 2.05) is 12.1 Å². The van der Waals surface area contributed by atoms with Crippen LogP contribution in [0.1, 0.15) is 38.7 Å². The van der Waals surface area contributed by atoms with Crippen LogP contribution < -0.4 is 5.32 Å². The maximum Gasteiger partial charge on any atom is 0.0451 e. The average molecular weight is 295 g/mol. The molecule has 0 saturated carbocycles. The van der Waals surface area contributed by atoms with Crippen molar-refractivity contribution in [3.8, 4) is 0 Å². The first-order chi connectivity index (χ1) is 9.65. The number of piperidine rings is 1. The summed E-state index contributed by atoms with van der Waals surface area (Å²) in [5.41, 5.74) is 1.25. The highest BCUT2D eigenvalue weighted by Crippen LogP contribution is 2.19. The van der Waals surface area contributed by atoms with E-state index in [1.54, 1.807) is 0 Å². The van der Waals surface area contributed by atoms with Crippen LogP contribution in [0.4, 0.5) is 0 Å². The standard InChI is InChI=1S/C17H27ClN2/c1-14(2)9-10-19-16-7-5-11-20(13-16)12-15-6-3-4-8-17(15)18/h3-4,6,8,14,16,19H,5,7,9-13H2,1-2H3. The van der Waals surface area contributed by atoms with Gasteiger partial charge >= 0.3 is 0 Å². The van der Waals surface area contributed by atoms with Gasteiger partial charge in [0, 0.05) is 24.2 Å². The molecule has 0 spiro atoms. The van der Waals surface area contributed by atoms with Crippen LogP contribution in [0.5, 0.6) is 0 Å². The van der Waals surface area contributed by atoms with E-state index in [9.17, 15) is 0 Å². The molecule has 0 aromatic heterocycles. The lowest BCUT2D eigenvalue weighted by atomic mass is 10.0. The molecule has 1 saturated heterocycles. The van der Waals surface area contributed by atoms with Crippen LogP contribution >= 0.6 is 11.6 Å². The Balaban J connectivity index is 1.80. The van der Waals surface area contributed by atoms with Crippen LogP contribution in [0.3, 0.4) is 0 Å². The largest absolute Gasteiger partial charge is 0.313 e. The Kier molecular flexibility index (Phi) is 6.34. The van der Waals surface area contributed by atoms with Crippen LogP contribution in [-0.4, -0.2) is 30.6 Å². The van der Waals surface area contributed by atoms with Gasteiger partial charge in [0.25, 0.3) is 0 Å². The second-order valence-electron chi connectivity index (χ2n) is 6.30. The Bertz CT molecular complexity index is 406. The molecule has 3 heteroatoms. The summed E-state index contributed by atoms with van der Waals surface area (Å²) >= 11 is 6.26. The van der Waals surface area contributed by atoms with Gasteiger partial charge in [0.2, 0.25) is 0 Å². The van der Waals surface area contributed by atoms with E-state index in [-0.39, 0.29) is 0 Å². The van der Waals surface area contributed by atoms with E-state index in [1.165, 1.54) is 31.4 Å². The average Bonchev–Trinajstić information content (AvgIpc) is 2.41. The third-order valence-corrected chi connectivity index (χ3v) is 4.38. The second kappa shape index (κ2) is 8.02. The molecule has 0 aliphatic carbocycles.